The lowest BCUT2D eigenvalue weighted by Crippen LogP contribution is -2.81. The molecule has 5 rings (SSSR count). The molecule has 0 saturated carbocycles. The van der Waals surface area contributed by atoms with Crippen molar-refractivity contribution in [2.75, 3.05) is 14.2 Å². The van der Waals surface area contributed by atoms with Crippen LogP contribution in [0.3, 0.4) is 0 Å². The Hall–Kier alpha value is 0.963. The fraction of sp³-hybridized carbons (Fsp3) is 0.704. The van der Waals surface area contributed by atoms with Gasteiger partial charge in [-0.1, -0.05) is 51.3 Å². The number of allylic oxidation sites excluding steroid dienone is 1. The van der Waals surface area contributed by atoms with Crippen LogP contribution in [0.15, 0.2) is 43.0 Å². The molecule has 0 radical (unpaired) electrons. The summed E-state index contributed by atoms with van der Waals surface area (Å²) in [5.74, 6) is 0. The van der Waals surface area contributed by atoms with Gasteiger partial charge in [-0.25, -0.2) is 0 Å². The number of rotatable bonds is 8. The summed E-state index contributed by atoms with van der Waals surface area (Å²) in [5, 5.41) is 1.32. The molecule has 6 bridgehead atoms. The Morgan fingerprint density at radius 1 is 0.648 bits per heavy atom. The smallest absolute Gasteiger partial charge is 0.432 e. The van der Waals surface area contributed by atoms with Crippen LogP contribution in [0.25, 0.3) is 0 Å². The average Bonchev–Trinajstić information content (AvgIpc) is 2.93. The molecule has 4 atom stereocenters. The SMILES string of the molecule is C.C.C=CC[Si](C)(C)OC.CO[Si](C)(C)O[Si](C)(C)c1ccccc1.C[SiH]1O[Si]2(C)O[Si]3(C)O[Si](C)(O[SiH3])O[Si]4(C)O[Si](C)(O1)O[Si](C)(O2)O[Si](C)(O3)O4. The van der Waals surface area contributed by atoms with Crippen LogP contribution in [0.5, 0.6) is 0 Å². The summed E-state index contributed by atoms with van der Waals surface area (Å²) in [6.07, 6.45) is 1.93. The van der Waals surface area contributed by atoms with Crippen molar-refractivity contribution in [1.82, 2.24) is 0 Å². The zero-order chi connectivity index (χ0) is 39.7. The van der Waals surface area contributed by atoms with Crippen LogP contribution in [0, 0.1) is 0 Å². The molecule has 4 fully saturated rings. The second kappa shape index (κ2) is 19.1. The molecular formula is C27H70O15Si12. The number of benzene rings is 1. The second-order valence-electron chi connectivity index (χ2n) is 15.0. The maximum absolute atomic E-state index is 6.45. The second-order valence-corrected chi connectivity index (χ2v) is 51.0. The molecule has 0 N–H and O–H groups in total. The molecule has 15 nitrogen and oxygen atoms in total. The van der Waals surface area contributed by atoms with Crippen LogP contribution in [-0.2, 0) is 62.3 Å². The summed E-state index contributed by atoms with van der Waals surface area (Å²) in [7, 11) is -26.9. The van der Waals surface area contributed by atoms with Gasteiger partial charge in [-0.3, -0.25) is 0 Å². The Morgan fingerprint density at radius 2 is 1.02 bits per heavy atom. The van der Waals surface area contributed by atoms with Gasteiger partial charge in [0.15, 0.2) is 8.32 Å². The number of fused-ring (bicyclic) bond motifs is 4. The minimum atomic E-state index is -3.43. The fourth-order valence-electron chi connectivity index (χ4n) is 6.14. The van der Waals surface area contributed by atoms with E-state index in [4.69, 9.17) is 62.3 Å². The minimum absolute atomic E-state index is 0. The van der Waals surface area contributed by atoms with Gasteiger partial charge in [-0.15, -0.1) is 6.58 Å². The van der Waals surface area contributed by atoms with Crippen LogP contribution in [0.1, 0.15) is 14.9 Å². The van der Waals surface area contributed by atoms with E-state index in [-0.39, 0.29) is 14.9 Å². The van der Waals surface area contributed by atoms with E-state index in [0.29, 0.717) is 10.5 Å². The molecular weight excluding hydrogens is 901 g/mol. The maximum atomic E-state index is 6.45. The van der Waals surface area contributed by atoms with Crippen molar-refractivity contribution in [3.8, 4) is 0 Å². The molecule has 4 aliphatic rings. The first-order chi connectivity index (χ1) is 23.5. The van der Waals surface area contributed by atoms with Gasteiger partial charge in [0.05, 0.1) is 0 Å². The van der Waals surface area contributed by atoms with Gasteiger partial charge < -0.3 is 62.3 Å². The molecule has 4 heterocycles. The molecule has 316 valence electrons. The first-order valence-electron chi connectivity index (χ1n) is 17.2. The minimum Gasteiger partial charge on any atom is -0.432 e. The van der Waals surface area contributed by atoms with E-state index in [0.717, 1.165) is 6.04 Å². The highest BCUT2D eigenvalue weighted by molar-refractivity contribution is 6.99. The van der Waals surface area contributed by atoms with Gasteiger partial charge in [-0.2, -0.15) is 0 Å². The lowest BCUT2D eigenvalue weighted by Gasteiger charge is -2.56. The molecule has 4 saturated heterocycles. The van der Waals surface area contributed by atoms with E-state index >= 15 is 0 Å². The van der Waals surface area contributed by atoms with Crippen LogP contribution in [0.2, 0.25) is 97.7 Å². The van der Waals surface area contributed by atoms with Gasteiger partial charge >= 0.3 is 79.5 Å². The van der Waals surface area contributed by atoms with Crippen molar-refractivity contribution in [1.29, 1.82) is 0 Å². The van der Waals surface area contributed by atoms with Crippen molar-refractivity contribution < 1.29 is 62.3 Å². The van der Waals surface area contributed by atoms with Gasteiger partial charge in [-0.05, 0) is 57.1 Å². The molecule has 0 aromatic heterocycles. The first kappa shape index (κ1) is 53.0. The third-order valence-electron chi connectivity index (χ3n) is 8.12. The molecule has 27 heteroatoms. The lowest BCUT2D eigenvalue weighted by atomic mass is 10.4. The van der Waals surface area contributed by atoms with Gasteiger partial charge in [0, 0.05) is 60.0 Å². The highest BCUT2D eigenvalue weighted by Gasteiger charge is 2.73. The normalized spacial score (nSPS) is 37.8. The predicted molar refractivity (Wildman–Crippen MR) is 239 cm³/mol. The van der Waals surface area contributed by atoms with Crippen molar-refractivity contribution in [2.24, 2.45) is 0 Å². The van der Waals surface area contributed by atoms with E-state index in [9.17, 15) is 0 Å². The summed E-state index contributed by atoms with van der Waals surface area (Å²) in [6, 6.07) is 11.5. The molecule has 0 amide bonds. The van der Waals surface area contributed by atoms with Crippen LogP contribution in [0.4, 0.5) is 0 Å². The number of hydrogen-bond acceptors (Lipinski definition) is 15. The summed E-state index contributed by atoms with van der Waals surface area (Å²) < 4.78 is 93.1. The van der Waals surface area contributed by atoms with Crippen LogP contribution < -0.4 is 5.19 Å². The molecule has 54 heavy (non-hydrogen) atoms. The zero-order valence-electron chi connectivity index (χ0n) is 34.1. The van der Waals surface area contributed by atoms with Crippen LogP contribution >= 0.6 is 0 Å². The van der Waals surface area contributed by atoms with E-state index in [1.165, 1.54) is 5.19 Å². The Kier molecular flexibility index (Phi) is 18.8. The molecule has 4 unspecified atom stereocenters. The fourth-order valence-corrected chi connectivity index (χ4v) is 56.2. The predicted octanol–water partition coefficient (Wildman–Crippen LogP) is 5.11. The summed E-state index contributed by atoms with van der Waals surface area (Å²) in [6.45, 7) is 30.9. The monoisotopic (exact) mass is 970 g/mol. The quantitative estimate of drug-likeness (QED) is 0.252. The lowest BCUT2D eigenvalue weighted by molar-refractivity contribution is 0.0154. The Bertz CT molecular complexity index is 1320. The summed E-state index contributed by atoms with van der Waals surface area (Å²) in [4.78, 5) is 0. The van der Waals surface area contributed by atoms with Gasteiger partial charge in [0.2, 0.25) is 8.32 Å². The standard InChI is InChI=1S/C11H20O2Si2.C8H28O12Si9.C6H14OSi.2CH4/c1-12-15(4,5)13-14(2,3)11-9-7-6-8-10-11;1-22-10-24(3)14-26(5)12-23(2,9-21)13-27(6)15-25(4,11-22)17-28(7,16-24)20-29(8,18-26)19-27;1-5-6-8(3,4)7-2;;/h6-10H,1-5H3;22H,1-8,21H3;5H,1,6H2,2-4H3;2*1H4. The third kappa shape index (κ3) is 14.9. The first-order valence-corrected chi connectivity index (χ1v) is 44.5. The maximum Gasteiger partial charge on any atom is 0.475 e. The van der Waals surface area contributed by atoms with E-state index in [1.807, 2.05) is 18.7 Å². The van der Waals surface area contributed by atoms with Crippen molar-refractivity contribution in [2.45, 2.75) is 113 Å². The summed E-state index contributed by atoms with van der Waals surface area (Å²) >= 11 is 0. The van der Waals surface area contributed by atoms with E-state index in [2.05, 4.69) is 70.1 Å². The third-order valence-corrected chi connectivity index (χ3v) is 53.0. The Morgan fingerprint density at radius 3 is 1.33 bits per heavy atom. The highest BCUT2D eigenvalue weighted by Crippen LogP contribution is 2.43. The Labute approximate surface area is 342 Å². The van der Waals surface area contributed by atoms with Crippen molar-refractivity contribution >= 4 is 112 Å². The van der Waals surface area contributed by atoms with Gasteiger partial charge in [0.1, 0.15) is 10.5 Å². The summed E-state index contributed by atoms with van der Waals surface area (Å²) in [5.41, 5.74) is 0. The largest absolute Gasteiger partial charge is 0.475 e. The molecule has 1 aromatic rings. The molecule has 4 aliphatic heterocycles. The average molecular weight is 972 g/mol. The molecule has 0 aliphatic carbocycles. The van der Waals surface area contributed by atoms with E-state index in [1.54, 1.807) is 60.0 Å². The van der Waals surface area contributed by atoms with Crippen molar-refractivity contribution in [3.63, 3.8) is 0 Å². The van der Waals surface area contributed by atoms with E-state index < -0.39 is 96.1 Å². The Balaban J connectivity index is 0.000000491. The topological polar surface area (TPSA) is 138 Å². The molecule has 1 aromatic carbocycles. The van der Waals surface area contributed by atoms with Crippen molar-refractivity contribution in [3.05, 3.63) is 43.0 Å². The van der Waals surface area contributed by atoms with Gasteiger partial charge in [0.25, 0.3) is 0 Å². The molecule has 0 spiro atoms. The zero-order valence-corrected chi connectivity index (χ0v) is 47.2. The number of hydrogen-bond donors (Lipinski definition) is 0. The highest BCUT2D eigenvalue weighted by atomic mass is 28.6. The van der Waals surface area contributed by atoms with Crippen LogP contribution in [-0.4, -0.2) is 121 Å².